The largest absolute Gasteiger partial charge is 0.332 e. The van der Waals surface area contributed by atoms with Gasteiger partial charge in [-0.3, -0.25) is 4.79 Å². The molecule has 0 radical (unpaired) electrons. The molecule has 1 N–H and O–H groups in total. The lowest BCUT2D eigenvalue weighted by atomic mass is 10.1. The maximum atomic E-state index is 12.9. The number of amides is 1. The Morgan fingerprint density at radius 2 is 2.08 bits per heavy atom. The van der Waals surface area contributed by atoms with Gasteiger partial charge in [0.1, 0.15) is 11.5 Å². The third kappa shape index (κ3) is 4.89. The fraction of sp³-hybridized carbons (Fsp3) is 0.375. The Balaban J connectivity index is 0.00000144. The van der Waals surface area contributed by atoms with E-state index < -0.39 is 0 Å². The summed E-state index contributed by atoms with van der Waals surface area (Å²) in [5.41, 5.74) is 1.50. The summed E-state index contributed by atoms with van der Waals surface area (Å²) in [6.45, 7) is 4.39. The van der Waals surface area contributed by atoms with E-state index in [0.29, 0.717) is 18.7 Å². The standard InChI is InChI=1S/C16H18FN3OS.2ClH/c1-11-9-18-6-7-20(11)16(21)14-10-22-15(19-14)8-12-2-4-13(17)5-3-12;;/h2-5,10-11,18H,6-9H2,1H3;2*1H/t11-;;/m1../s1. The Kier molecular flexibility index (Phi) is 8.09. The molecule has 0 spiro atoms. The van der Waals surface area contributed by atoms with E-state index in [1.165, 1.54) is 23.5 Å². The number of nitrogens with zero attached hydrogens (tertiary/aromatic N) is 2. The summed E-state index contributed by atoms with van der Waals surface area (Å²) in [6.07, 6.45) is 0.620. The zero-order chi connectivity index (χ0) is 15.5. The molecule has 0 saturated carbocycles. The first-order valence-electron chi connectivity index (χ1n) is 7.34. The average Bonchev–Trinajstić information content (AvgIpc) is 2.98. The second-order valence-corrected chi connectivity index (χ2v) is 6.42. The van der Waals surface area contributed by atoms with Crippen molar-refractivity contribution in [1.82, 2.24) is 15.2 Å². The Bertz CT molecular complexity index is 666. The average molecular weight is 392 g/mol. The molecular weight excluding hydrogens is 372 g/mol. The molecule has 2 aromatic rings. The molecule has 0 bridgehead atoms. The van der Waals surface area contributed by atoms with Crippen molar-refractivity contribution in [2.24, 2.45) is 0 Å². The lowest BCUT2D eigenvalue weighted by Gasteiger charge is -2.33. The van der Waals surface area contributed by atoms with Gasteiger partial charge in [-0.05, 0) is 24.6 Å². The van der Waals surface area contributed by atoms with E-state index in [1.54, 1.807) is 12.1 Å². The van der Waals surface area contributed by atoms with Gasteiger partial charge in [0.25, 0.3) is 5.91 Å². The van der Waals surface area contributed by atoms with E-state index in [-0.39, 0.29) is 42.6 Å². The van der Waals surface area contributed by atoms with E-state index in [1.807, 2.05) is 17.2 Å². The highest BCUT2D eigenvalue weighted by Gasteiger charge is 2.25. The van der Waals surface area contributed by atoms with Gasteiger partial charge in [0.15, 0.2) is 0 Å². The topological polar surface area (TPSA) is 45.2 Å². The number of hydrogen-bond donors (Lipinski definition) is 1. The number of piperazine rings is 1. The van der Waals surface area contributed by atoms with E-state index >= 15 is 0 Å². The van der Waals surface area contributed by atoms with Crippen LogP contribution in [0.15, 0.2) is 29.6 Å². The maximum absolute atomic E-state index is 12.9. The number of thiazole rings is 1. The second kappa shape index (κ2) is 9.32. The number of carbonyl (C=O) groups excluding carboxylic acids is 1. The maximum Gasteiger partial charge on any atom is 0.273 e. The van der Waals surface area contributed by atoms with E-state index in [0.717, 1.165) is 23.7 Å². The van der Waals surface area contributed by atoms with Crippen LogP contribution >= 0.6 is 36.2 Å². The van der Waals surface area contributed by atoms with Crippen molar-refractivity contribution in [3.63, 3.8) is 0 Å². The Hall–Kier alpha value is -1.21. The highest BCUT2D eigenvalue weighted by molar-refractivity contribution is 7.09. The molecule has 1 amide bonds. The van der Waals surface area contributed by atoms with E-state index in [2.05, 4.69) is 10.3 Å². The molecule has 0 unspecified atom stereocenters. The van der Waals surface area contributed by atoms with Crippen LogP contribution in [0.2, 0.25) is 0 Å². The van der Waals surface area contributed by atoms with Crippen molar-refractivity contribution >= 4 is 42.1 Å². The minimum absolute atomic E-state index is 0. The van der Waals surface area contributed by atoms with Crippen LogP contribution in [0.25, 0.3) is 0 Å². The molecule has 1 atom stereocenters. The quantitative estimate of drug-likeness (QED) is 0.873. The molecular formula is C16H20Cl2FN3OS. The number of carbonyl (C=O) groups is 1. The molecule has 8 heteroatoms. The Morgan fingerprint density at radius 3 is 2.75 bits per heavy atom. The summed E-state index contributed by atoms with van der Waals surface area (Å²) in [6, 6.07) is 6.56. The number of hydrogen-bond acceptors (Lipinski definition) is 4. The molecule has 1 aromatic heterocycles. The summed E-state index contributed by atoms with van der Waals surface area (Å²) in [7, 11) is 0. The number of benzene rings is 1. The highest BCUT2D eigenvalue weighted by atomic mass is 35.5. The van der Waals surface area contributed by atoms with Crippen LogP contribution in [0.1, 0.15) is 28.0 Å². The Morgan fingerprint density at radius 1 is 1.38 bits per heavy atom. The smallest absolute Gasteiger partial charge is 0.273 e. The van der Waals surface area contributed by atoms with Crippen molar-refractivity contribution in [3.8, 4) is 0 Å². The van der Waals surface area contributed by atoms with Gasteiger partial charge in [0.05, 0.1) is 5.01 Å². The molecule has 1 saturated heterocycles. The molecule has 4 nitrogen and oxygen atoms in total. The molecule has 1 aromatic carbocycles. The second-order valence-electron chi connectivity index (χ2n) is 5.48. The van der Waals surface area contributed by atoms with Crippen molar-refractivity contribution < 1.29 is 9.18 Å². The van der Waals surface area contributed by atoms with Gasteiger partial charge in [-0.25, -0.2) is 9.37 Å². The van der Waals surface area contributed by atoms with Crippen LogP contribution in [0.4, 0.5) is 4.39 Å². The molecule has 0 aliphatic carbocycles. The molecule has 1 fully saturated rings. The van der Waals surface area contributed by atoms with Crippen LogP contribution in [0.5, 0.6) is 0 Å². The minimum atomic E-state index is -0.244. The number of halogens is 3. The first kappa shape index (κ1) is 20.8. The third-order valence-electron chi connectivity index (χ3n) is 3.80. The van der Waals surface area contributed by atoms with Crippen LogP contribution in [-0.4, -0.2) is 41.5 Å². The summed E-state index contributed by atoms with van der Waals surface area (Å²) >= 11 is 1.47. The summed E-state index contributed by atoms with van der Waals surface area (Å²) in [4.78, 5) is 18.8. The van der Waals surface area contributed by atoms with Gasteiger partial charge in [0.2, 0.25) is 0 Å². The monoisotopic (exact) mass is 391 g/mol. The van der Waals surface area contributed by atoms with Gasteiger partial charge in [-0.15, -0.1) is 36.2 Å². The van der Waals surface area contributed by atoms with Crippen LogP contribution in [0, 0.1) is 5.82 Å². The summed E-state index contributed by atoms with van der Waals surface area (Å²) < 4.78 is 12.9. The SMILES string of the molecule is C[C@@H]1CNCCN1C(=O)c1csc(Cc2ccc(F)cc2)n1.Cl.Cl. The third-order valence-corrected chi connectivity index (χ3v) is 4.65. The molecule has 3 rings (SSSR count). The van der Waals surface area contributed by atoms with Gasteiger partial charge in [-0.1, -0.05) is 12.1 Å². The fourth-order valence-corrected chi connectivity index (χ4v) is 3.36. The van der Waals surface area contributed by atoms with E-state index in [4.69, 9.17) is 0 Å². The zero-order valence-corrected chi connectivity index (χ0v) is 15.6. The molecule has 1 aliphatic rings. The van der Waals surface area contributed by atoms with E-state index in [9.17, 15) is 9.18 Å². The number of aromatic nitrogens is 1. The van der Waals surface area contributed by atoms with Gasteiger partial charge >= 0.3 is 0 Å². The van der Waals surface area contributed by atoms with Crippen molar-refractivity contribution in [2.45, 2.75) is 19.4 Å². The molecule has 24 heavy (non-hydrogen) atoms. The normalized spacial score (nSPS) is 16.9. The first-order valence-corrected chi connectivity index (χ1v) is 8.22. The fourth-order valence-electron chi connectivity index (χ4n) is 2.56. The van der Waals surface area contributed by atoms with Crippen LogP contribution < -0.4 is 5.32 Å². The molecule has 1 aliphatic heterocycles. The van der Waals surface area contributed by atoms with Crippen molar-refractivity contribution in [2.75, 3.05) is 19.6 Å². The Labute approximate surface area is 157 Å². The lowest BCUT2D eigenvalue weighted by molar-refractivity contribution is 0.0650. The molecule has 132 valence electrons. The van der Waals surface area contributed by atoms with Crippen molar-refractivity contribution in [1.29, 1.82) is 0 Å². The number of rotatable bonds is 3. The van der Waals surface area contributed by atoms with Crippen LogP contribution in [-0.2, 0) is 6.42 Å². The van der Waals surface area contributed by atoms with Gasteiger partial charge < -0.3 is 10.2 Å². The van der Waals surface area contributed by atoms with Gasteiger partial charge in [0, 0.05) is 37.5 Å². The van der Waals surface area contributed by atoms with Crippen LogP contribution in [0.3, 0.4) is 0 Å². The van der Waals surface area contributed by atoms with Gasteiger partial charge in [-0.2, -0.15) is 0 Å². The predicted molar refractivity (Wildman–Crippen MR) is 99.2 cm³/mol. The number of nitrogens with one attached hydrogen (secondary N) is 1. The minimum Gasteiger partial charge on any atom is -0.332 e. The summed E-state index contributed by atoms with van der Waals surface area (Å²) in [5, 5.41) is 5.96. The lowest BCUT2D eigenvalue weighted by Crippen LogP contribution is -2.52. The predicted octanol–water partition coefficient (Wildman–Crippen LogP) is 3.15. The highest BCUT2D eigenvalue weighted by Crippen LogP contribution is 2.17. The van der Waals surface area contributed by atoms with Crippen molar-refractivity contribution in [3.05, 3.63) is 51.7 Å². The molecule has 2 heterocycles. The first-order chi connectivity index (χ1) is 10.6. The zero-order valence-electron chi connectivity index (χ0n) is 13.2. The summed E-state index contributed by atoms with van der Waals surface area (Å²) in [5.74, 6) is -0.248.